The van der Waals surface area contributed by atoms with Gasteiger partial charge < -0.3 is 4.40 Å². The Morgan fingerprint density at radius 2 is 1.70 bits per heavy atom. The van der Waals surface area contributed by atoms with Crippen molar-refractivity contribution < 1.29 is 17.6 Å². The Morgan fingerprint density at radius 3 is 2.35 bits per heavy atom. The lowest BCUT2D eigenvalue weighted by Crippen LogP contribution is -2.05. The van der Waals surface area contributed by atoms with Crippen LogP contribution < -0.4 is 0 Å². The number of aromatic nitrogens is 2. The number of pyridine rings is 1. The lowest BCUT2D eigenvalue weighted by atomic mass is 10.2. The summed E-state index contributed by atoms with van der Waals surface area (Å²) in [7, 11) is 0. The molecule has 0 spiro atoms. The molecule has 0 aliphatic carbocycles. The Bertz CT molecular complexity index is 757. The van der Waals surface area contributed by atoms with Crippen molar-refractivity contribution in [1.82, 2.24) is 9.38 Å². The summed E-state index contributed by atoms with van der Waals surface area (Å²) < 4.78 is 52.2. The van der Waals surface area contributed by atoms with Crippen LogP contribution in [0.5, 0.6) is 0 Å². The zero-order valence-corrected chi connectivity index (χ0v) is 10.0. The molecule has 20 heavy (non-hydrogen) atoms. The first kappa shape index (κ1) is 12.7. The first-order valence-corrected chi connectivity index (χ1v) is 5.75. The highest BCUT2D eigenvalue weighted by Gasteiger charge is 2.30. The predicted octanol–water partition coefficient (Wildman–Crippen LogP) is 4.16. The van der Waals surface area contributed by atoms with E-state index in [9.17, 15) is 17.6 Å². The van der Waals surface area contributed by atoms with E-state index >= 15 is 0 Å². The largest absolute Gasteiger partial charge is 0.416 e. The Balaban J connectivity index is 2.09. The quantitative estimate of drug-likeness (QED) is 0.612. The molecule has 0 N–H and O–H groups in total. The van der Waals surface area contributed by atoms with Gasteiger partial charge in [-0.1, -0.05) is 0 Å². The first-order valence-electron chi connectivity index (χ1n) is 5.75. The van der Waals surface area contributed by atoms with Gasteiger partial charge in [0.15, 0.2) is 0 Å². The van der Waals surface area contributed by atoms with E-state index in [2.05, 4.69) is 4.98 Å². The van der Waals surface area contributed by atoms with Crippen LogP contribution in [0.2, 0.25) is 0 Å². The minimum atomic E-state index is -4.40. The summed E-state index contributed by atoms with van der Waals surface area (Å²) in [4.78, 5) is 4.13. The summed E-state index contributed by atoms with van der Waals surface area (Å²) in [5, 5.41) is 0. The minimum absolute atomic E-state index is 0.194. The minimum Gasteiger partial charge on any atom is -0.306 e. The first-order chi connectivity index (χ1) is 9.43. The van der Waals surface area contributed by atoms with E-state index in [-0.39, 0.29) is 11.5 Å². The van der Waals surface area contributed by atoms with Crippen LogP contribution in [0.3, 0.4) is 0 Å². The molecule has 102 valence electrons. The highest BCUT2D eigenvalue weighted by molar-refractivity contribution is 5.62. The molecular weight excluding hydrogens is 272 g/mol. The summed E-state index contributed by atoms with van der Waals surface area (Å²) in [6.45, 7) is 0. The van der Waals surface area contributed by atoms with Crippen LogP contribution >= 0.6 is 0 Å². The van der Waals surface area contributed by atoms with Crippen molar-refractivity contribution in [2.75, 3.05) is 0 Å². The summed E-state index contributed by atoms with van der Waals surface area (Å²) >= 11 is 0. The number of hydrogen-bond acceptors (Lipinski definition) is 1. The van der Waals surface area contributed by atoms with Crippen LogP contribution in [-0.2, 0) is 6.18 Å². The van der Waals surface area contributed by atoms with Gasteiger partial charge in [0.25, 0.3) is 0 Å². The molecule has 0 saturated heterocycles. The highest BCUT2D eigenvalue weighted by atomic mass is 19.4. The summed E-state index contributed by atoms with van der Waals surface area (Å²) in [6, 6.07) is 7.58. The second kappa shape index (κ2) is 4.33. The molecule has 6 heteroatoms. The Labute approximate surface area is 111 Å². The third-order valence-corrected chi connectivity index (χ3v) is 2.93. The predicted molar refractivity (Wildman–Crippen MR) is 65.6 cm³/mol. The molecule has 2 aromatic heterocycles. The number of halogens is 4. The second-order valence-corrected chi connectivity index (χ2v) is 4.31. The number of imidazole rings is 1. The van der Waals surface area contributed by atoms with Gasteiger partial charge in [0.05, 0.1) is 11.3 Å². The molecule has 2 nitrogen and oxygen atoms in total. The normalized spacial score (nSPS) is 12.0. The molecule has 0 amide bonds. The van der Waals surface area contributed by atoms with Gasteiger partial charge >= 0.3 is 6.18 Å². The van der Waals surface area contributed by atoms with E-state index in [4.69, 9.17) is 0 Å². The van der Waals surface area contributed by atoms with Gasteiger partial charge in [-0.25, -0.2) is 9.37 Å². The number of rotatable bonds is 1. The number of hydrogen-bond donors (Lipinski definition) is 0. The number of alkyl halides is 3. The average Bonchev–Trinajstić information content (AvgIpc) is 2.81. The van der Waals surface area contributed by atoms with Crippen LogP contribution in [0.25, 0.3) is 16.9 Å². The zero-order chi connectivity index (χ0) is 14.3. The van der Waals surface area contributed by atoms with Crippen molar-refractivity contribution >= 4 is 5.65 Å². The van der Waals surface area contributed by atoms with Gasteiger partial charge in [-0.15, -0.1) is 0 Å². The molecule has 0 radical (unpaired) electrons. The third-order valence-electron chi connectivity index (χ3n) is 2.93. The van der Waals surface area contributed by atoms with E-state index in [0.717, 1.165) is 12.1 Å². The molecule has 3 rings (SSSR count). The van der Waals surface area contributed by atoms with E-state index in [0.29, 0.717) is 11.3 Å². The van der Waals surface area contributed by atoms with Gasteiger partial charge in [0.1, 0.15) is 11.5 Å². The number of nitrogens with zero attached hydrogens (tertiary/aromatic N) is 2. The van der Waals surface area contributed by atoms with Gasteiger partial charge in [-0.05, 0) is 36.4 Å². The van der Waals surface area contributed by atoms with Crippen LogP contribution in [0.15, 0.2) is 48.8 Å². The van der Waals surface area contributed by atoms with Gasteiger partial charge in [-0.3, -0.25) is 0 Å². The van der Waals surface area contributed by atoms with Crippen LogP contribution in [0, 0.1) is 5.82 Å². The van der Waals surface area contributed by atoms with Crippen LogP contribution in [0.1, 0.15) is 5.56 Å². The fourth-order valence-corrected chi connectivity index (χ4v) is 1.92. The van der Waals surface area contributed by atoms with Crippen molar-refractivity contribution in [1.29, 1.82) is 0 Å². The molecule has 3 aromatic rings. The summed E-state index contributed by atoms with van der Waals surface area (Å²) in [5.74, 6) is -0.378. The molecular formula is C14H8F4N2. The number of fused-ring (bicyclic) bond motifs is 1. The van der Waals surface area contributed by atoms with E-state index < -0.39 is 11.7 Å². The number of benzene rings is 1. The van der Waals surface area contributed by atoms with Gasteiger partial charge in [-0.2, -0.15) is 13.2 Å². The van der Waals surface area contributed by atoms with Crippen molar-refractivity contribution in [2.45, 2.75) is 6.18 Å². The maximum Gasteiger partial charge on any atom is 0.416 e. The molecule has 0 bridgehead atoms. The zero-order valence-electron chi connectivity index (χ0n) is 10.0. The maximum absolute atomic E-state index is 12.8. The Hall–Kier alpha value is -2.37. The van der Waals surface area contributed by atoms with Crippen molar-refractivity contribution in [2.24, 2.45) is 0 Å². The monoisotopic (exact) mass is 280 g/mol. The van der Waals surface area contributed by atoms with Gasteiger partial charge in [0.2, 0.25) is 0 Å². The van der Waals surface area contributed by atoms with Crippen molar-refractivity contribution in [3.05, 3.63) is 60.2 Å². The molecule has 0 atom stereocenters. The Kier molecular flexibility index (Phi) is 2.74. The summed E-state index contributed by atoms with van der Waals surface area (Å²) in [6.07, 6.45) is -1.50. The van der Waals surface area contributed by atoms with Gasteiger partial charge in [0, 0.05) is 18.0 Å². The maximum atomic E-state index is 12.8. The molecule has 0 fully saturated rings. The lowest BCUT2D eigenvalue weighted by Gasteiger charge is -2.05. The standard InChI is InChI=1S/C14H8F4N2/c15-11-3-1-9(2-4-11)12-8-20-6-5-10(14(16,17)18)7-13(20)19-12/h1-8H. The molecule has 0 aliphatic rings. The second-order valence-electron chi connectivity index (χ2n) is 4.31. The van der Waals surface area contributed by atoms with E-state index in [1.165, 1.54) is 34.9 Å². The van der Waals surface area contributed by atoms with Crippen molar-refractivity contribution in [3.63, 3.8) is 0 Å². The van der Waals surface area contributed by atoms with Crippen LogP contribution in [-0.4, -0.2) is 9.38 Å². The topological polar surface area (TPSA) is 17.3 Å². The molecule has 0 unspecified atom stereocenters. The molecule has 0 saturated carbocycles. The summed E-state index contributed by atoms with van der Waals surface area (Å²) in [5.41, 5.74) is 0.577. The fourth-order valence-electron chi connectivity index (χ4n) is 1.92. The molecule has 1 aromatic carbocycles. The Morgan fingerprint density at radius 1 is 1.00 bits per heavy atom. The highest BCUT2D eigenvalue weighted by Crippen LogP contribution is 2.30. The smallest absolute Gasteiger partial charge is 0.306 e. The lowest BCUT2D eigenvalue weighted by molar-refractivity contribution is -0.137. The van der Waals surface area contributed by atoms with Crippen LogP contribution in [0.4, 0.5) is 17.6 Å². The fraction of sp³-hybridized carbons (Fsp3) is 0.0714. The third kappa shape index (κ3) is 2.24. The SMILES string of the molecule is Fc1ccc(-c2cn3ccc(C(F)(F)F)cc3n2)cc1. The average molecular weight is 280 g/mol. The molecule has 0 aliphatic heterocycles. The van der Waals surface area contributed by atoms with E-state index in [1.54, 1.807) is 6.20 Å². The van der Waals surface area contributed by atoms with Crippen molar-refractivity contribution in [3.8, 4) is 11.3 Å². The molecule has 2 heterocycles. The van der Waals surface area contributed by atoms with E-state index in [1.807, 2.05) is 0 Å².